The first-order valence-corrected chi connectivity index (χ1v) is 8.99. The summed E-state index contributed by atoms with van der Waals surface area (Å²) in [4.78, 5) is 0.0409. The van der Waals surface area contributed by atoms with Crippen LogP contribution in [0.2, 0.25) is 0 Å². The third-order valence-electron chi connectivity index (χ3n) is 2.93. The van der Waals surface area contributed by atoms with Crippen molar-refractivity contribution in [3.05, 3.63) is 22.7 Å². The standard InChI is InChI=1S/C12H14BrClO4S/c1-8-2-3-9(18-8)7-17-12-5-4-10(6-11(12)13)19(14,15)16/h4-6,8-9H,2-3,7H2,1H3. The summed E-state index contributed by atoms with van der Waals surface area (Å²) < 4.78 is 34.2. The molecule has 0 aromatic heterocycles. The molecule has 1 aromatic rings. The molecular weight excluding hydrogens is 356 g/mol. The highest BCUT2D eigenvalue weighted by Gasteiger charge is 2.22. The minimum atomic E-state index is -3.72. The van der Waals surface area contributed by atoms with Crippen molar-refractivity contribution in [2.45, 2.75) is 36.9 Å². The summed E-state index contributed by atoms with van der Waals surface area (Å²) in [5.41, 5.74) is 0. The zero-order valence-electron chi connectivity index (χ0n) is 10.3. The average Bonchev–Trinajstić information content (AvgIpc) is 2.72. The zero-order chi connectivity index (χ0) is 14.0. The lowest BCUT2D eigenvalue weighted by Gasteiger charge is -2.14. The monoisotopic (exact) mass is 368 g/mol. The van der Waals surface area contributed by atoms with Gasteiger partial charge < -0.3 is 9.47 Å². The number of benzene rings is 1. The molecule has 0 spiro atoms. The van der Waals surface area contributed by atoms with Gasteiger partial charge in [0.2, 0.25) is 0 Å². The molecule has 2 atom stereocenters. The average molecular weight is 370 g/mol. The molecular formula is C12H14BrClO4S. The van der Waals surface area contributed by atoms with Crippen LogP contribution < -0.4 is 4.74 Å². The highest BCUT2D eigenvalue weighted by molar-refractivity contribution is 9.10. The van der Waals surface area contributed by atoms with Gasteiger partial charge in [0.05, 0.1) is 21.6 Å². The molecule has 1 saturated heterocycles. The van der Waals surface area contributed by atoms with Crippen LogP contribution in [0.25, 0.3) is 0 Å². The number of rotatable bonds is 4. The van der Waals surface area contributed by atoms with Crippen LogP contribution in [0.4, 0.5) is 0 Å². The second kappa shape index (κ2) is 5.99. The number of hydrogen-bond acceptors (Lipinski definition) is 4. The molecule has 0 amide bonds. The molecule has 0 saturated carbocycles. The molecule has 0 bridgehead atoms. The summed E-state index contributed by atoms with van der Waals surface area (Å²) in [6.45, 7) is 2.49. The molecule has 2 unspecified atom stereocenters. The van der Waals surface area contributed by atoms with Crippen LogP contribution in [0.15, 0.2) is 27.6 Å². The van der Waals surface area contributed by atoms with Crippen LogP contribution in [0.3, 0.4) is 0 Å². The quantitative estimate of drug-likeness (QED) is 0.764. The van der Waals surface area contributed by atoms with Crippen molar-refractivity contribution in [3.63, 3.8) is 0 Å². The van der Waals surface area contributed by atoms with Gasteiger partial charge in [0, 0.05) is 10.7 Å². The van der Waals surface area contributed by atoms with Gasteiger partial charge in [-0.25, -0.2) is 8.42 Å². The first kappa shape index (κ1) is 15.1. The van der Waals surface area contributed by atoms with Gasteiger partial charge in [-0.15, -0.1) is 0 Å². The van der Waals surface area contributed by atoms with Crippen LogP contribution in [0, 0.1) is 0 Å². The van der Waals surface area contributed by atoms with Crippen molar-refractivity contribution in [2.75, 3.05) is 6.61 Å². The summed E-state index contributed by atoms with van der Waals surface area (Å²) >= 11 is 3.27. The Balaban J connectivity index is 2.02. The lowest BCUT2D eigenvalue weighted by molar-refractivity contribution is 0.0263. The van der Waals surface area contributed by atoms with Gasteiger partial charge in [-0.2, -0.15) is 0 Å². The molecule has 1 heterocycles. The van der Waals surface area contributed by atoms with E-state index in [0.717, 1.165) is 12.8 Å². The van der Waals surface area contributed by atoms with Crippen LogP contribution in [-0.2, 0) is 13.8 Å². The van der Waals surface area contributed by atoms with E-state index in [0.29, 0.717) is 16.8 Å². The van der Waals surface area contributed by atoms with Gasteiger partial charge in [-0.3, -0.25) is 0 Å². The molecule has 7 heteroatoms. The third-order valence-corrected chi connectivity index (χ3v) is 4.90. The Morgan fingerprint density at radius 2 is 2.21 bits per heavy atom. The van der Waals surface area contributed by atoms with E-state index >= 15 is 0 Å². The Morgan fingerprint density at radius 3 is 2.74 bits per heavy atom. The Bertz CT molecular complexity index is 561. The third kappa shape index (κ3) is 4.08. The summed E-state index contributed by atoms with van der Waals surface area (Å²) in [6, 6.07) is 4.42. The van der Waals surface area contributed by atoms with Crippen molar-refractivity contribution in [3.8, 4) is 5.75 Å². The van der Waals surface area contributed by atoms with Crippen molar-refractivity contribution in [2.24, 2.45) is 0 Å². The molecule has 106 valence electrons. The first-order valence-electron chi connectivity index (χ1n) is 5.89. The minimum Gasteiger partial charge on any atom is -0.490 e. The van der Waals surface area contributed by atoms with Crippen LogP contribution in [-0.4, -0.2) is 27.2 Å². The van der Waals surface area contributed by atoms with Crippen molar-refractivity contribution in [1.29, 1.82) is 0 Å². The van der Waals surface area contributed by atoms with Gasteiger partial charge in [0.1, 0.15) is 12.4 Å². The Kier molecular flexibility index (Phi) is 4.76. The van der Waals surface area contributed by atoms with Crippen LogP contribution in [0.1, 0.15) is 19.8 Å². The maximum atomic E-state index is 11.2. The molecule has 1 aromatic carbocycles. The van der Waals surface area contributed by atoms with Gasteiger partial charge in [-0.1, -0.05) is 0 Å². The zero-order valence-corrected chi connectivity index (χ0v) is 13.5. The van der Waals surface area contributed by atoms with Gasteiger partial charge in [0.25, 0.3) is 9.05 Å². The maximum absolute atomic E-state index is 11.2. The SMILES string of the molecule is CC1CCC(COc2ccc(S(=O)(=O)Cl)cc2Br)O1. The molecule has 1 fully saturated rings. The van der Waals surface area contributed by atoms with E-state index < -0.39 is 9.05 Å². The highest BCUT2D eigenvalue weighted by Crippen LogP contribution is 2.30. The molecule has 0 N–H and O–H groups in total. The Morgan fingerprint density at radius 1 is 1.47 bits per heavy atom. The summed E-state index contributed by atoms with van der Waals surface area (Å²) in [6.07, 6.45) is 2.39. The van der Waals surface area contributed by atoms with E-state index in [1.54, 1.807) is 6.07 Å². The minimum absolute atomic E-state index is 0.0409. The Labute approximate surface area is 125 Å². The fraction of sp³-hybridized carbons (Fsp3) is 0.500. The van der Waals surface area contributed by atoms with Crippen LogP contribution >= 0.6 is 26.6 Å². The smallest absolute Gasteiger partial charge is 0.261 e. The largest absolute Gasteiger partial charge is 0.490 e. The van der Waals surface area contributed by atoms with Gasteiger partial charge in [0.15, 0.2) is 0 Å². The van der Waals surface area contributed by atoms with E-state index in [4.69, 9.17) is 20.2 Å². The molecule has 2 rings (SSSR count). The summed E-state index contributed by atoms with van der Waals surface area (Å²) in [5, 5.41) is 0. The van der Waals surface area contributed by atoms with Gasteiger partial charge in [-0.05, 0) is 53.9 Å². The molecule has 1 aliphatic heterocycles. The summed E-state index contributed by atoms with van der Waals surface area (Å²) in [7, 11) is 1.55. The Hall–Kier alpha value is -0.300. The molecule has 0 radical (unpaired) electrons. The topological polar surface area (TPSA) is 52.6 Å². The summed E-state index contributed by atoms with van der Waals surface area (Å²) in [5.74, 6) is 0.576. The molecule has 19 heavy (non-hydrogen) atoms. The van der Waals surface area contributed by atoms with Crippen LogP contribution in [0.5, 0.6) is 5.75 Å². The molecule has 1 aliphatic rings. The van der Waals surface area contributed by atoms with Gasteiger partial charge >= 0.3 is 0 Å². The predicted octanol–water partition coefficient (Wildman–Crippen LogP) is 3.32. The van der Waals surface area contributed by atoms with Crippen molar-refractivity contribution in [1.82, 2.24) is 0 Å². The van der Waals surface area contributed by atoms with Crippen molar-refractivity contribution >= 4 is 35.7 Å². The fourth-order valence-electron chi connectivity index (χ4n) is 1.94. The second-order valence-corrected chi connectivity index (χ2v) is 7.91. The number of ether oxygens (including phenoxy) is 2. The van der Waals surface area contributed by atoms with Crippen molar-refractivity contribution < 1.29 is 17.9 Å². The lowest BCUT2D eigenvalue weighted by Crippen LogP contribution is -2.18. The van der Waals surface area contributed by atoms with E-state index in [9.17, 15) is 8.42 Å². The van der Waals surface area contributed by atoms with E-state index in [-0.39, 0.29) is 17.1 Å². The van der Waals surface area contributed by atoms with E-state index in [1.165, 1.54) is 12.1 Å². The molecule has 4 nitrogen and oxygen atoms in total. The maximum Gasteiger partial charge on any atom is 0.261 e. The fourth-order valence-corrected chi connectivity index (χ4v) is 3.36. The highest BCUT2D eigenvalue weighted by atomic mass is 79.9. The second-order valence-electron chi connectivity index (χ2n) is 4.49. The normalized spacial score (nSPS) is 23.5. The number of hydrogen-bond donors (Lipinski definition) is 0. The van der Waals surface area contributed by atoms with E-state index in [2.05, 4.69) is 15.9 Å². The molecule has 0 aliphatic carbocycles. The lowest BCUT2D eigenvalue weighted by atomic mass is 10.2. The first-order chi connectivity index (χ1) is 8.86. The number of halogens is 2. The predicted molar refractivity (Wildman–Crippen MR) is 76.2 cm³/mol. The van der Waals surface area contributed by atoms with E-state index in [1.807, 2.05) is 6.92 Å².